The van der Waals surface area contributed by atoms with Crippen molar-refractivity contribution in [3.05, 3.63) is 0 Å². The maximum Gasteiger partial charge on any atom is 0.0700 e. The molecule has 1 aliphatic rings. The van der Waals surface area contributed by atoms with E-state index in [0.717, 1.165) is 13.0 Å². The first-order valence-corrected chi connectivity index (χ1v) is 3.87. The summed E-state index contributed by atoms with van der Waals surface area (Å²) >= 11 is 0. The van der Waals surface area contributed by atoms with Crippen molar-refractivity contribution in [2.45, 2.75) is 31.3 Å². The minimum atomic E-state index is 0.190. The van der Waals surface area contributed by atoms with Crippen LogP contribution in [-0.4, -0.2) is 26.4 Å². The van der Waals surface area contributed by atoms with Crippen LogP contribution >= 0.6 is 0 Å². The molecule has 1 fully saturated rings. The largest absolute Gasteiger partial charge is 0.385 e. The van der Waals surface area contributed by atoms with Crippen LogP contribution in [0.25, 0.3) is 0 Å². The Morgan fingerprint density at radius 3 is 2.30 bits per heavy atom. The second kappa shape index (κ2) is 3.35. The maximum absolute atomic E-state index is 5.40. The van der Waals surface area contributed by atoms with Crippen LogP contribution in [0.2, 0.25) is 0 Å². The predicted molar refractivity (Wildman–Crippen MR) is 40.1 cm³/mol. The number of hydrogen-bond acceptors (Lipinski definition) is 2. The average molecular weight is 144 g/mol. The molecule has 1 saturated carbocycles. The van der Waals surface area contributed by atoms with Gasteiger partial charge in [-0.3, -0.25) is 0 Å². The molecule has 1 rings (SSSR count). The molecule has 10 heavy (non-hydrogen) atoms. The summed E-state index contributed by atoms with van der Waals surface area (Å²) in [6.45, 7) is 0.827. The molecule has 0 N–H and O–H groups in total. The average Bonchev–Trinajstić information content (AvgIpc) is 1.87. The Hall–Kier alpha value is -0.0800. The Balaban J connectivity index is 2.20. The zero-order valence-corrected chi connectivity index (χ0v) is 6.85. The summed E-state index contributed by atoms with van der Waals surface area (Å²) in [5.41, 5.74) is 0.190. The Kier molecular flexibility index (Phi) is 2.69. The van der Waals surface area contributed by atoms with Crippen LogP contribution in [0.1, 0.15) is 25.7 Å². The Labute approximate surface area is 62.5 Å². The molecule has 0 heterocycles. The van der Waals surface area contributed by atoms with Crippen LogP contribution in [0.5, 0.6) is 0 Å². The van der Waals surface area contributed by atoms with E-state index in [0.29, 0.717) is 0 Å². The van der Waals surface area contributed by atoms with Gasteiger partial charge >= 0.3 is 0 Å². The van der Waals surface area contributed by atoms with Gasteiger partial charge in [-0.1, -0.05) is 0 Å². The van der Waals surface area contributed by atoms with Crippen molar-refractivity contribution in [2.75, 3.05) is 20.8 Å². The van der Waals surface area contributed by atoms with Crippen LogP contribution < -0.4 is 0 Å². The minimum Gasteiger partial charge on any atom is -0.385 e. The van der Waals surface area contributed by atoms with E-state index in [1.165, 1.54) is 19.3 Å². The van der Waals surface area contributed by atoms with Gasteiger partial charge in [0.1, 0.15) is 0 Å². The Morgan fingerprint density at radius 1 is 1.30 bits per heavy atom. The Bertz CT molecular complexity index is 91.9. The second-order valence-electron chi connectivity index (χ2n) is 2.98. The van der Waals surface area contributed by atoms with E-state index in [1.807, 2.05) is 0 Å². The predicted octanol–water partition coefficient (Wildman–Crippen LogP) is 1.59. The molecule has 0 amide bonds. The fourth-order valence-electron chi connectivity index (χ4n) is 1.42. The summed E-state index contributed by atoms with van der Waals surface area (Å²) in [5.74, 6) is 0. The molecule has 2 nitrogen and oxygen atoms in total. The summed E-state index contributed by atoms with van der Waals surface area (Å²) in [7, 11) is 3.54. The highest BCUT2D eigenvalue weighted by atomic mass is 16.5. The van der Waals surface area contributed by atoms with E-state index in [-0.39, 0.29) is 5.60 Å². The number of rotatable bonds is 4. The smallest absolute Gasteiger partial charge is 0.0700 e. The minimum absolute atomic E-state index is 0.190. The van der Waals surface area contributed by atoms with Gasteiger partial charge in [0.25, 0.3) is 0 Å². The molecule has 0 saturated heterocycles. The number of hydrogen-bond donors (Lipinski definition) is 0. The number of methoxy groups -OCH3 is 2. The van der Waals surface area contributed by atoms with E-state index in [4.69, 9.17) is 9.47 Å². The number of ether oxygens (including phenoxy) is 2. The van der Waals surface area contributed by atoms with Crippen molar-refractivity contribution in [3.63, 3.8) is 0 Å². The third kappa shape index (κ3) is 1.50. The summed E-state index contributed by atoms with van der Waals surface area (Å²) in [6, 6.07) is 0. The lowest BCUT2D eigenvalue weighted by molar-refractivity contribution is -0.0879. The van der Waals surface area contributed by atoms with Crippen LogP contribution in [-0.2, 0) is 9.47 Å². The molecule has 0 bridgehead atoms. The van der Waals surface area contributed by atoms with E-state index in [9.17, 15) is 0 Å². The van der Waals surface area contributed by atoms with Crippen molar-refractivity contribution in [1.82, 2.24) is 0 Å². The Morgan fingerprint density at radius 2 is 2.00 bits per heavy atom. The molecule has 60 valence electrons. The molecule has 0 aromatic carbocycles. The van der Waals surface area contributed by atoms with Crippen molar-refractivity contribution in [2.24, 2.45) is 0 Å². The topological polar surface area (TPSA) is 18.5 Å². The van der Waals surface area contributed by atoms with E-state index in [2.05, 4.69) is 0 Å². The zero-order valence-electron chi connectivity index (χ0n) is 6.85. The van der Waals surface area contributed by atoms with Crippen molar-refractivity contribution < 1.29 is 9.47 Å². The SMILES string of the molecule is COCCC1(OC)CCC1. The van der Waals surface area contributed by atoms with Gasteiger partial charge in [0.15, 0.2) is 0 Å². The van der Waals surface area contributed by atoms with Gasteiger partial charge < -0.3 is 9.47 Å². The third-order valence-corrected chi connectivity index (χ3v) is 2.46. The highest BCUT2D eigenvalue weighted by molar-refractivity contribution is 4.88. The van der Waals surface area contributed by atoms with Crippen molar-refractivity contribution >= 4 is 0 Å². The molecule has 0 aromatic rings. The molecular weight excluding hydrogens is 128 g/mol. The highest BCUT2D eigenvalue weighted by Crippen LogP contribution is 2.37. The van der Waals surface area contributed by atoms with E-state index >= 15 is 0 Å². The van der Waals surface area contributed by atoms with E-state index in [1.54, 1.807) is 14.2 Å². The maximum atomic E-state index is 5.40. The first kappa shape index (κ1) is 8.02. The molecule has 0 radical (unpaired) electrons. The normalized spacial score (nSPS) is 22.2. The lowest BCUT2D eigenvalue weighted by atomic mass is 9.78. The molecule has 0 unspecified atom stereocenters. The zero-order chi connectivity index (χ0) is 7.45. The van der Waals surface area contributed by atoms with Crippen LogP contribution in [0, 0.1) is 0 Å². The van der Waals surface area contributed by atoms with Crippen LogP contribution in [0.3, 0.4) is 0 Å². The summed E-state index contributed by atoms with van der Waals surface area (Å²) < 4.78 is 10.4. The highest BCUT2D eigenvalue weighted by Gasteiger charge is 2.36. The lowest BCUT2D eigenvalue weighted by Gasteiger charge is -2.40. The summed E-state index contributed by atoms with van der Waals surface area (Å²) in [5, 5.41) is 0. The molecule has 1 aliphatic carbocycles. The van der Waals surface area contributed by atoms with Gasteiger partial charge in [-0.25, -0.2) is 0 Å². The van der Waals surface area contributed by atoms with Gasteiger partial charge in [0.2, 0.25) is 0 Å². The van der Waals surface area contributed by atoms with Crippen molar-refractivity contribution in [1.29, 1.82) is 0 Å². The quantitative estimate of drug-likeness (QED) is 0.596. The first-order valence-electron chi connectivity index (χ1n) is 3.87. The molecule has 0 atom stereocenters. The van der Waals surface area contributed by atoms with E-state index < -0.39 is 0 Å². The first-order chi connectivity index (χ1) is 4.83. The fraction of sp³-hybridized carbons (Fsp3) is 1.00. The fourth-order valence-corrected chi connectivity index (χ4v) is 1.42. The van der Waals surface area contributed by atoms with Crippen LogP contribution in [0.15, 0.2) is 0 Å². The summed E-state index contributed by atoms with van der Waals surface area (Å²) in [6.07, 6.45) is 4.80. The standard InChI is InChI=1S/C8H16O2/c1-9-7-6-8(10-2)4-3-5-8/h3-7H2,1-2H3. The van der Waals surface area contributed by atoms with Crippen LogP contribution in [0.4, 0.5) is 0 Å². The lowest BCUT2D eigenvalue weighted by Crippen LogP contribution is -2.39. The van der Waals surface area contributed by atoms with Gasteiger partial charge in [-0.2, -0.15) is 0 Å². The third-order valence-electron chi connectivity index (χ3n) is 2.46. The van der Waals surface area contributed by atoms with Gasteiger partial charge in [0, 0.05) is 20.8 Å². The molecular formula is C8H16O2. The van der Waals surface area contributed by atoms with Gasteiger partial charge in [0.05, 0.1) is 5.60 Å². The second-order valence-corrected chi connectivity index (χ2v) is 2.98. The van der Waals surface area contributed by atoms with Crippen molar-refractivity contribution in [3.8, 4) is 0 Å². The molecule has 0 spiro atoms. The molecule has 0 aliphatic heterocycles. The monoisotopic (exact) mass is 144 g/mol. The van der Waals surface area contributed by atoms with Gasteiger partial charge in [-0.15, -0.1) is 0 Å². The van der Waals surface area contributed by atoms with Gasteiger partial charge in [-0.05, 0) is 25.7 Å². The molecule has 0 aromatic heterocycles. The molecule has 2 heteroatoms. The summed E-state index contributed by atoms with van der Waals surface area (Å²) in [4.78, 5) is 0.